The first-order valence-corrected chi connectivity index (χ1v) is 17.0. The zero-order chi connectivity index (χ0) is 34.8. The fraction of sp³-hybridized carbons (Fsp3) is 0.225. The number of benzene rings is 3. The normalized spacial score (nSPS) is 17.0. The van der Waals surface area contributed by atoms with Crippen LogP contribution in [0, 0.1) is 11.8 Å². The van der Waals surface area contributed by atoms with Crippen molar-refractivity contribution in [1.29, 1.82) is 0 Å². The van der Waals surface area contributed by atoms with Crippen molar-refractivity contribution in [2.24, 2.45) is 11.8 Å². The van der Waals surface area contributed by atoms with E-state index in [1.165, 1.54) is 17.7 Å². The number of carbonyl (C=O) groups excluding carboxylic acids is 2. The van der Waals surface area contributed by atoms with Gasteiger partial charge < -0.3 is 15.7 Å². The average molecular weight is 666 g/mol. The molecular weight excluding hydrogens is 626 g/mol. The van der Waals surface area contributed by atoms with Crippen LogP contribution in [-0.2, 0) is 6.54 Å². The van der Waals surface area contributed by atoms with E-state index >= 15 is 0 Å². The molecule has 2 fully saturated rings. The van der Waals surface area contributed by atoms with E-state index in [0.29, 0.717) is 48.4 Å². The van der Waals surface area contributed by atoms with Gasteiger partial charge in [-0.25, -0.2) is 15.0 Å². The highest BCUT2D eigenvalue weighted by Gasteiger charge is 2.41. The second-order valence-electron chi connectivity index (χ2n) is 12.6. The van der Waals surface area contributed by atoms with E-state index < -0.39 is 0 Å². The zero-order valence-corrected chi connectivity index (χ0v) is 28.1. The number of pyridine rings is 2. The van der Waals surface area contributed by atoms with Crippen molar-refractivity contribution < 1.29 is 14.7 Å². The summed E-state index contributed by atoms with van der Waals surface area (Å²) in [6.45, 7) is 8.00. The molecule has 1 amide bonds. The van der Waals surface area contributed by atoms with Crippen LogP contribution in [0.1, 0.15) is 40.1 Å². The molecule has 0 aliphatic carbocycles. The minimum absolute atomic E-state index is 0.0977. The molecule has 252 valence electrons. The molecule has 10 nitrogen and oxygen atoms in total. The van der Waals surface area contributed by atoms with E-state index in [2.05, 4.69) is 38.7 Å². The third-order valence-electron chi connectivity index (χ3n) is 9.50. The van der Waals surface area contributed by atoms with Gasteiger partial charge in [-0.15, -0.1) is 0 Å². The van der Waals surface area contributed by atoms with Gasteiger partial charge in [0, 0.05) is 55.7 Å². The lowest BCUT2D eigenvalue weighted by Gasteiger charge is -2.22. The molecule has 2 aliphatic rings. The summed E-state index contributed by atoms with van der Waals surface area (Å²) in [6, 6.07) is 30.8. The quantitative estimate of drug-likeness (QED) is 0.185. The maximum absolute atomic E-state index is 13.2. The molecule has 2 atom stereocenters. The Morgan fingerprint density at radius 3 is 2.32 bits per heavy atom. The van der Waals surface area contributed by atoms with Crippen LogP contribution in [0.5, 0.6) is 5.75 Å². The molecule has 50 heavy (non-hydrogen) atoms. The number of nitrogens with zero attached hydrogens (tertiary/aromatic N) is 6. The molecule has 3 aromatic carbocycles. The molecular formula is C40H39N7O3. The van der Waals surface area contributed by atoms with Crippen molar-refractivity contribution >= 4 is 29.2 Å². The van der Waals surface area contributed by atoms with Gasteiger partial charge in [-0.05, 0) is 72.0 Å². The van der Waals surface area contributed by atoms with E-state index in [-0.39, 0.29) is 17.2 Å². The lowest BCUT2D eigenvalue weighted by Crippen LogP contribution is -2.33. The molecule has 3 aromatic heterocycles. The minimum Gasteiger partial charge on any atom is -0.507 e. The summed E-state index contributed by atoms with van der Waals surface area (Å²) < 4.78 is 2.05. The Morgan fingerprint density at radius 2 is 1.62 bits per heavy atom. The predicted molar refractivity (Wildman–Crippen MR) is 195 cm³/mol. The highest BCUT2D eigenvalue weighted by Crippen LogP contribution is 2.34. The highest BCUT2D eigenvalue weighted by atomic mass is 16.3. The number of aromatic hydroxyl groups is 1. The van der Waals surface area contributed by atoms with Crippen LogP contribution in [0.2, 0.25) is 0 Å². The summed E-state index contributed by atoms with van der Waals surface area (Å²) in [5.74, 6) is 1.66. The molecule has 8 rings (SSSR count). The Hall–Kier alpha value is -5.87. The Kier molecular flexibility index (Phi) is 9.10. The van der Waals surface area contributed by atoms with Crippen LogP contribution in [0.25, 0.3) is 39.5 Å². The fourth-order valence-corrected chi connectivity index (χ4v) is 7.12. The largest absolute Gasteiger partial charge is 0.507 e. The number of aromatic nitrogens is 4. The second-order valence-corrected chi connectivity index (χ2v) is 12.6. The highest BCUT2D eigenvalue weighted by molar-refractivity contribution is 5.96. The number of nitrogens with two attached hydrogens (primary N) is 1. The lowest BCUT2D eigenvalue weighted by atomic mass is 10.0. The third-order valence-corrected chi connectivity index (χ3v) is 9.50. The fourth-order valence-electron chi connectivity index (χ4n) is 7.12. The Bertz CT molecular complexity index is 2150. The average Bonchev–Trinajstić information content (AvgIpc) is 3.85. The van der Waals surface area contributed by atoms with E-state index in [4.69, 9.17) is 15.7 Å². The van der Waals surface area contributed by atoms with Crippen molar-refractivity contribution in [1.82, 2.24) is 29.3 Å². The number of phenolic OH excluding ortho intramolecular Hbond substituents is 1. The molecule has 0 saturated carbocycles. The van der Waals surface area contributed by atoms with Gasteiger partial charge in [0.25, 0.3) is 5.91 Å². The van der Waals surface area contributed by atoms with Gasteiger partial charge in [-0.1, -0.05) is 56.3 Å². The summed E-state index contributed by atoms with van der Waals surface area (Å²) in [6.07, 6.45) is 2.25. The number of anilines is 1. The van der Waals surface area contributed by atoms with Crippen molar-refractivity contribution in [3.63, 3.8) is 0 Å². The molecule has 6 aromatic rings. The van der Waals surface area contributed by atoms with Gasteiger partial charge in [0.05, 0.1) is 16.8 Å². The number of rotatable bonds is 7. The number of hydrogen-bond acceptors (Lipinski definition) is 8. The van der Waals surface area contributed by atoms with Crippen LogP contribution in [0.4, 0.5) is 5.82 Å². The number of imidazole rings is 1. The van der Waals surface area contributed by atoms with Crippen LogP contribution in [-0.4, -0.2) is 72.8 Å². The molecule has 10 heteroatoms. The zero-order valence-electron chi connectivity index (χ0n) is 28.1. The van der Waals surface area contributed by atoms with E-state index in [9.17, 15) is 14.7 Å². The molecule has 0 radical (unpaired) electrons. The van der Waals surface area contributed by atoms with Gasteiger partial charge >= 0.3 is 0 Å². The molecule has 3 N–H and O–H groups in total. The second kappa shape index (κ2) is 13.9. The minimum atomic E-state index is -0.116. The first-order chi connectivity index (χ1) is 24.4. The first-order valence-electron chi connectivity index (χ1n) is 17.0. The number of carbonyl (C=O) groups is 2. The van der Waals surface area contributed by atoms with Gasteiger partial charge in [0.15, 0.2) is 17.8 Å². The first kappa shape index (κ1) is 32.7. The number of aldehydes is 1. The number of fused-ring (bicyclic) bond motifs is 2. The predicted octanol–water partition coefficient (Wildman–Crippen LogP) is 6.48. The van der Waals surface area contributed by atoms with Crippen molar-refractivity contribution in [2.75, 3.05) is 31.9 Å². The Balaban J connectivity index is 0.00000193. The summed E-state index contributed by atoms with van der Waals surface area (Å²) in [4.78, 5) is 43.1. The summed E-state index contributed by atoms with van der Waals surface area (Å²) in [5.41, 5.74) is 13.2. The summed E-state index contributed by atoms with van der Waals surface area (Å²) >= 11 is 0. The molecule has 0 spiro atoms. The Morgan fingerprint density at radius 1 is 0.880 bits per heavy atom. The van der Waals surface area contributed by atoms with Crippen LogP contribution >= 0.6 is 0 Å². The molecule has 2 saturated heterocycles. The number of phenols is 1. The van der Waals surface area contributed by atoms with Crippen molar-refractivity contribution in [2.45, 2.75) is 20.4 Å². The van der Waals surface area contributed by atoms with E-state index in [1.54, 1.807) is 12.3 Å². The number of amides is 1. The maximum Gasteiger partial charge on any atom is 0.253 e. The topological polar surface area (TPSA) is 130 Å². The maximum atomic E-state index is 13.2. The monoisotopic (exact) mass is 665 g/mol. The number of nitrogen functional groups attached to an aromatic ring is 1. The van der Waals surface area contributed by atoms with Gasteiger partial charge in [0.2, 0.25) is 0 Å². The van der Waals surface area contributed by atoms with E-state index in [0.717, 1.165) is 53.3 Å². The van der Waals surface area contributed by atoms with E-state index in [1.807, 2.05) is 73.3 Å². The summed E-state index contributed by atoms with van der Waals surface area (Å²) in [5, 5.41) is 9.81. The van der Waals surface area contributed by atoms with Gasteiger partial charge in [-0.2, -0.15) is 0 Å². The number of hydrogen-bond donors (Lipinski definition) is 2. The smallest absolute Gasteiger partial charge is 0.253 e. The van der Waals surface area contributed by atoms with Gasteiger partial charge in [0.1, 0.15) is 17.1 Å². The van der Waals surface area contributed by atoms with Crippen LogP contribution in [0.15, 0.2) is 103 Å². The molecule has 5 heterocycles. The molecule has 2 aliphatic heterocycles. The Labute approximate surface area is 290 Å². The van der Waals surface area contributed by atoms with Gasteiger partial charge in [-0.3, -0.25) is 19.1 Å². The summed E-state index contributed by atoms with van der Waals surface area (Å²) in [7, 11) is 0. The molecule has 2 unspecified atom stereocenters. The number of likely N-dealkylation sites (tertiary alicyclic amines) is 2. The van der Waals surface area contributed by atoms with Crippen molar-refractivity contribution in [3.8, 4) is 34.1 Å². The van der Waals surface area contributed by atoms with Crippen molar-refractivity contribution in [3.05, 3.63) is 120 Å². The van der Waals surface area contributed by atoms with Crippen LogP contribution < -0.4 is 5.73 Å². The standard InChI is InChI=1S/C38H33N7O3.C2H6/c39-35-31(7-4-16-40-35)36-42-33-14-13-32(25-5-2-1-3-6-25)41-37(33)45(36)30-11-8-24(9-12-30)18-43-19-28-21-44(22-29(28)20-43)38(48)26-10-15-34(47)27(17-26)23-46;1-2/h1-17,23,28-29,47H,18-22H2,(H2,39,40);1-2H3. The lowest BCUT2D eigenvalue weighted by molar-refractivity contribution is 0.0773. The van der Waals surface area contributed by atoms with Crippen LogP contribution in [0.3, 0.4) is 0 Å². The SMILES string of the molecule is CC.Nc1ncccc1-c1nc2ccc(-c3ccccc3)nc2n1-c1ccc(CN2CC3CN(C(=O)c4ccc(O)c(C=O)c4)CC3C2)cc1. The molecule has 0 bridgehead atoms. The third kappa shape index (κ3) is 6.21.